The Morgan fingerprint density at radius 3 is 2.73 bits per heavy atom. The van der Waals surface area contributed by atoms with Crippen LogP contribution in [0.3, 0.4) is 0 Å². The number of rotatable bonds is 3. The van der Waals surface area contributed by atoms with E-state index in [0.717, 1.165) is 12.1 Å². The molecule has 3 rings (SSSR count). The van der Waals surface area contributed by atoms with E-state index in [9.17, 15) is 13.2 Å². The molecule has 0 radical (unpaired) electrons. The van der Waals surface area contributed by atoms with E-state index in [1.165, 1.54) is 16.9 Å². The van der Waals surface area contributed by atoms with Gasteiger partial charge in [-0.25, -0.2) is 0 Å². The standard InChI is InChI=1S/C13H10F3N5O/c1-8-5-11(22-19-8)7-21-18-12(17-20-21)9-3-2-4-10(6-9)13(14,15)16/h2-6H,7H2,1H3. The van der Waals surface area contributed by atoms with E-state index in [1.807, 2.05) is 0 Å². The molecule has 0 spiro atoms. The molecular formula is C13H10F3N5O. The number of benzene rings is 1. The predicted octanol–water partition coefficient (Wildman–Crippen LogP) is 2.70. The molecule has 3 aromatic rings. The van der Waals surface area contributed by atoms with Crippen molar-refractivity contribution in [2.45, 2.75) is 19.6 Å². The summed E-state index contributed by atoms with van der Waals surface area (Å²) in [5.41, 5.74) is 0.204. The second-order valence-electron chi connectivity index (χ2n) is 4.66. The molecule has 0 aliphatic rings. The third-order valence-corrected chi connectivity index (χ3v) is 2.87. The SMILES string of the molecule is Cc1cc(Cn2nnc(-c3cccc(C(F)(F)F)c3)n2)on1. The molecule has 0 aliphatic heterocycles. The van der Waals surface area contributed by atoms with Gasteiger partial charge in [-0.3, -0.25) is 0 Å². The predicted molar refractivity (Wildman–Crippen MR) is 68.6 cm³/mol. The van der Waals surface area contributed by atoms with Crippen LogP contribution < -0.4 is 0 Å². The quantitative estimate of drug-likeness (QED) is 0.744. The molecule has 0 saturated heterocycles. The molecule has 0 aliphatic carbocycles. The van der Waals surface area contributed by atoms with Gasteiger partial charge in [0.25, 0.3) is 0 Å². The number of hydrogen-bond donors (Lipinski definition) is 0. The van der Waals surface area contributed by atoms with Crippen LogP contribution in [0, 0.1) is 6.92 Å². The Morgan fingerprint density at radius 2 is 2.05 bits per heavy atom. The van der Waals surface area contributed by atoms with Crippen LogP contribution in [0.25, 0.3) is 11.4 Å². The highest BCUT2D eigenvalue weighted by atomic mass is 19.4. The van der Waals surface area contributed by atoms with Gasteiger partial charge in [0.15, 0.2) is 5.76 Å². The number of alkyl halides is 3. The summed E-state index contributed by atoms with van der Waals surface area (Å²) in [7, 11) is 0. The molecule has 2 aromatic heterocycles. The first kappa shape index (κ1) is 14.2. The lowest BCUT2D eigenvalue weighted by molar-refractivity contribution is -0.137. The van der Waals surface area contributed by atoms with Crippen molar-refractivity contribution in [1.29, 1.82) is 0 Å². The Labute approximate surface area is 122 Å². The zero-order chi connectivity index (χ0) is 15.7. The maximum Gasteiger partial charge on any atom is 0.416 e. The third-order valence-electron chi connectivity index (χ3n) is 2.87. The maximum atomic E-state index is 12.7. The number of nitrogens with zero attached hydrogens (tertiary/aromatic N) is 5. The second kappa shape index (κ2) is 5.24. The Hall–Kier alpha value is -2.71. The van der Waals surface area contributed by atoms with E-state index in [2.05, 4.69) is 20.6 Å². The first-order chi connectivity index (χ1) is 10.4. The molecule has 2 heterocycles. The lowest BCUT2D eigenvalue weighted by atomic mass is 10.1. The van der Waals surface area contributed by atoms with Crippen molar-refractivity contribution in [1.82, 2.24) is 25.4 Å². The highest BCUT2D eigenvalue weighted by molar-refractivity contribution is 5.55. The van der Waals surface area contributed by atoms with Crippen LogP contribution in [-0.2, 0) is 12.7 Å². The van der Waals surface area contributed by atoms with Gasteiger partial charge >= 0.3 is 6.18 Å². The number of aryl methyl sites for hydroxylation is 1. The normalized spacial score (nSPS) is 11.8. The van der Waals surface area contributed by atoms with Crippen molar-refractivity contribution < 1.29 is 17.7 Å². The Kier molecular flexibility index (Phi) is 3.39. The van der Waals surface area contributed by atoms with Gasteiger partial charge in [-0.05, 0) is 24.3 Å². The number of aromatic nitrogens is 5. The molecule has 0 atom stereocenters. The zero-order valence-electron chi connectivity index (χ0n) is 11.4. The van der Waals surface area contributed by atoms with Gasteiger partial charge < -0.3 is 4.52 Å². The average Bonchev–Trinajstić information content (AvgIpc) is 3.08. The summed E-state index contributed by atoms with van der Waals surface area (Å²) in [5.74, 6) is 0.646. The highest BCUT2D eigenvalue weighted by Crippen LogP contribution is 2.31. The summed E-state index contributed by atoms with van der Waals surface area (Å²) in [5, 5.41) is 15.3. The number of hydrogen-bond acceptors (Lipinski definition) is 5. The molecule has 6 nitrogen and oxygen atoms in total. The molecular weight excluding hydrogens is 299 g/mol. The number of halogens is 3. The summed E-state index contributed by atoms with van der Waals surface area (Å²) in [6.45, 7) is 1.97. The van der Waals surface area contributed by atoms with Crippen molar-refractivity contribution in [3.63, 3.8) is 0 Å². The van der Waals surface area contributed by atoms with Crippen molar-refractivity contribution in [3.8, 4) is 11.4 Å². The minimum Gasteiger partial charge on any atom is -0.359 e. The van der Waals surface area contributed by atoms with Crippen molar-refractivity contribution in [2.75, 3.05) is 0 Å². The van der Waals surface area contributed by atoms with Gasteiger partial charge in [0.1, 0.15) is 6.54 Å². The van der Waals surface area contributed by atoms with Crippen molar-refractivity contribution >= 4 is 0 Å². The van der Waals surface area contributed by atoms with Crippen LogP contribution in [-0.4, -0.2) is 25.4 Å². The zero-order valence-corrected chi connectivity index (χ0v) is 11.4. The highest BCUT2D eigenvalue weighted by Gasteiger charge is 2.30. The van der Waals surface area contributed by atoms with Gasteiger partial charge in [-0.2, -0.15) is 18.0 Å². The smallest absolute Gasteiger partial charge is 0.359 e. The lowest BCUT2D eigenvalue weighted by Crippen LogP contribution is -2.05. The van der Waals surface area contributed by atoms with E-state index in [-0.39, 0.29) is 17.9 Å². The minimum atomic E-state index is -4.41. The third kappa shape index (κ3) is 2.97. The summed E-state index contributed by atoms with van der Waals surface area (Å²) in [6.07, 6.45) is -4.41. The lowest BCUT2D eigenvalue weighted by Gasteiger charge is -2.06. The Bertz CT molecular complexity index is 793. The first-order valence-electron chi connectivity index (χ1n) is 6.29. The van der Waals surface area contributed by atoms with Gasteiger partial charge in [-0.15, -0.1) is 10.2 Å². The van der Waals surface area contributed by atoms with E-state index in [4.69, 9.17) is 4.52 Å². The molecule has 0 unspecified atom stereocenters. The molecule has 0 fully saturated rings. The number of tetrazole rings is 1. The second-order valence-corrected chi connectivity index (χ2v) is 4.66. The average molecular weight is 309 g/mol. The summed E-state index contributed by atoms with van der Waals surface area (Å²) in [4.78, 5) is 1.23. The van der Waals surface area contributed by atoms with E-state index in [1.54, 1.807) is 13.0 Å². The van der Waals surface area contributed by atoms with Gasteiger partial charge in [-0.1, -0.05) is 17.3 Å². The van der Waals surface area contributed by atoms with Gasteiger partial charge in [0, 0.05) is 11.6 Å². The van der Waals surface area contributed by atoms with Crippen LogP contribution in [0.1, 0.15) is 17.0 Å². The first-order valence-corrected chi connectivity index (χ1v) is 6.29. The van der Waals surface area contributed by atoms with Gasteiger partial charge in [0.2, 0.25) is 5.82 Å². The monoisotopic (exact) mass is 309 g/mol. The van der Waals surface area contributed by atoms with E-state index < -0.39 is 11.7 Å². The minimum absolute atomic E-state index is 0.113. The van der Waals surface area contributed by atoms with Crippen LogP contribution in [0.15, 0.2) is 34.9 Å². The topological polar surface area (TPSA) is 69.6 Å². The summed E-state index contributed by atoms with van der Waals surface area (Å²) < 4.78 is 43.1. The summed E-state index contributed by atoms with van der Waals surface area (Å²) in [6, 6.07) is 6.49. The maximum absolute atomic E-state index is 12.7. The molecule has 1 aromatic carbocycles. The fraction of sp³-hybridized carbons (Fsp3) is 0.231. The van der Waals surface area contributed by atoms with E-state index >= 15 is 0 Å². The summed E-state index contributed by atoms with van der Waals surface area (Å²) >= 11 is 0. The van der Waals surface area contributed by atoms with Crippen LogP contribution >= 0.6 is 0 Å². The fourth-order valence-electron chi connectivity index (χ4n) is 1.89. The molecule has 0 saturated carbocycles. The molecule has 0 amide bonds. The van der Waals surface area contributed by atoms with Gasteiger partial charge in [0.05, 0.1) is 11.3 Å². The molecule has 114 valence electrons. The van der Waals surface area contributed by atoms with Crippen LogP contribution in [0.5, 0.6) is 0 Å². The van der Waals surface area contributed by atoms with Crippen LogP contribution in [0.4, 0.5) is 13.2 Å². The van der Waals surface area contributed by atoms with Crippen LogP contribution in [0.2, 0.25) is 0 Å². The molecule has 9 heteroatoms. The molecule has 22 heavy (non-hydrogen) atoms. The largest absolute Gasteiger partial charge is 0.416 e. The van der Waals surface area contributed by atoms with Crippen molar-refractivity contribution in [2.24, 2.45) is 0 Å². The fourth-order valence-corrected chi connectivity index (χ4v) is 1.89. The molecule has 0 bridgehead atoms. The van der Waals surface area contributed by atoms with E-state index in [0.29, 0.717) is 11.5 Å². The van der Waals surface area contributed by atoms with Crippen molar-refractivity contribution in [3.05, 3.63) is 47.3 Å². The Morgan fingerprint density at radius 1 is 1.23 bits per heavy atom. The molecule has 0 N–H and O–H groups in total. The Balaban J connectivity index is 1.84.